The van der Waals surface area contributed by atoms with Crippen molar-refractivity contribution in [2.45, 2.75) is 0 Å². The molecule has 1 rings (SSSR count). The Kier molecular flexibility index (Phi) is 0.596. The van der Waals surface area contributed by atoms with Crippen LogP contribution in [0.3, 0.4) is 0 Å². The first kappa shape index (κ1) is 3.01. The van der Waals surface area contributed by atoms with Crippen LogP contribution in [0.2, 0.25) is 0 Å². The largest absolute Gasteiger partial charge is 0.504 e. The third-order valence-corrected chi connectivity index (χ3v) is 1.04. The summed E-state index contributed by atoms with van der Waals surface area (Å²) in [6, 6.07) is 2.51. The summed E-state index contributed by atoms with van der Waals surface area (Å²) in [5, 5.41) is 16.4. The first-order valence-corrected chi connectivity index (χ1v) is 2.48. The van der Waals surface area contributed by atoms with Gasteiger partial charge < -0.3 is 20.4 Å². The minimum atomic E-state index is -0.292. The van der Waals surface area contributed by atoms with E-state index in [0.717, 1.165) is 0 Å². The fraction of sp³-hybridized carbons (Fsp3) is 0. The SMILES string of the molecule is [2H]Oc1ccc(O[2H])c(O[2H])c1O[2H]. The predicted molar refractivity (Wildman–Crippen MR) is 33.1 cm³/mol. The molecule has 0 amide bonds. The molecule has 4 heteroatoms. The maximum absolute atomic E-state index is 6.66. The van der Waals surface area contributed by atoms with Gasteiger partial charge in [0.25, 0.3) is 5.72 Å². The molecule has 0 saturated heterocycles. The fourth-order valence-electron chi connectivity index (χ4n) is 0.527. The molecule has 0 heterocycles. The molecule has 1 aromatic rings. The molecule has 4 nitrogen and oxygen atoms in total. The highest BCUT2D eigenvalue weighted by atomic mass is 16.3. The van der Waals surface area contributed by atoms with E-state index in [1.54, 1.807) is 0 Å². The van der Waals surface area contributed by atoms with Crippen LogP contribution in [0.15, 0.2) is 12.1 Å². The monoisotopic (exact) mass is 146 g/mol. The van der Waals surface area contributed by atoms with E-state index in [-0.39, 0.29) is 23.0 Å². The maximum Gasteiger partial charge on any atom is 0.293 e. The smallest absolute Gasteiger partial charge is 0.293 e. The van der Waals surface area contributed by atoms with Gasteiger partial charge in [0.1, 0.15) is 0 Å². The molecule has 0 fully saturated rings. The summed E-state index contributed by atoms with van der Waals surface area (Å²) in [4.78, 5) is 0. The standard InChI is InChI=1S/C6H6O4/c7-3-1-2-4(8)6(10)5(3)9/h1-2,7-10H/i/hD4. The molecule has 0 aliphatic heterocycles. The highest BCUT2D eigenvalue weighted by Crippen LogP contribution is 2.40. The van der Waals surface area contributed by atoms with Crippen molar-refractivity contribution < 1.29 is 20.4 Å². The van der Waals surface area contributed by atoms with Gasteiger partial charge in [-0.3, -0.25) is 0 Å². The Morgan fingerprint density at radius 1 is 0.900 bits per heavy atom. The Morgan fingerprint density at radius 3 is 1.70 bits per heavy atom. The van der Waals surface area contributed by atoms with Crippen LogP contribution < -0.4 is 0 Å². The molecular formula is C6H6O4. The second kappa shape index (κ2) is 1.98. The van der Waals surface area contributed by atoms with Crippen molar-refractivity contribution >= 4 is 0 Å². The number of hydrogen-bond donors (Lipinski definition) is 4. The maximum atomic E-state index is 6.66. The van der Waals surface area contributed by atoms with Crippen molar-refractivity contribution in [1.82, 2.24) is 0 Å². The molecule has 0 spiro atoms. The Labute approximate surface area is 62.6 Å². The molecule has 0 unspecified atom stereocenters. The van der Waals surface area contributed by atoms with E-state index in [1.165, 1.54) is 12.1 Å². The van der Waals surface area contributed by atoms with Gasteiger partial charge in [0.2, 0.25) is 11.5 Å². The van der Waals surface area contributed by atoms with Crippen molar-refractivity contribution in [2.24, 2.45) is 0 Å². The lowest BCUT2D eigenvalue weighted by atomic mass is 10.3. The van der Waals surface area contributed by atoms with Gasteiger partial charge in [0.15, 0.2) is 11.5 Å². The van der Waals surface area contributed by atoms with E-state index in [9.17, 15) is 0 Å². The third-order valence-electron chi connectivity index (χ3n) is 1.04. The lowest BCUT2D eigenvalue weighted by Crippen LogP contribution is -1.71. The normalized spacial score (nSPS) is 13.6. The van der Waals surface area contributed by atoms with Crippen molar-refractivity contribution in [1.29, 1.82) is 5.72 Å². The van der Waals surface area contributed by atoms with Crippen molar-refractivity contribution in [2.75, 3.05) is 0 Å². The molecule has 0 saturated carbocycles. The highest BCUT2D eigenvalue weighted by Gasteiger charge is 2.08. The number of rotatable bonds is 4. The molecule has 0 aliphatic carbocycles. The van der Waals surface area contributed by atoms with E-state index in [1.807, 2.05) is 0 Å². The quantitative estimate of drug-likeness (QED) is 0.368. The van der Waals surface area contributed by atoms with E-state index in [2.05, 4.69) is 20.4 Å². The van der Waals surface area contributed by atoms with Gasteiger partial charge in [0, 0.05) is 0 Å². The summed E-state index contributed by atoms with van der Waals surface area (Å²) in [6.45, 7) is 0. The summed E-state index contributed by atoms with van der Waals surface area (Å²) in [5.74, 6) is -0.800. The third kappa shape index (κ3) is 0.793. The van der Waals surface area contributed by atoms with Crippen LogP contribution in [0.1, 0.15) is 0 Å². The molecule has 0 radical (unpaired) electrons. The van der Waals surface area contributed by atoms with Crippen molar-refractivity contribution in [3.63, 3.8) is 0 Å². The summed E-state index contributed by atoms with van der Waals surface area (Å²) in [5.41, 5.74) is 0. The number of phenolic OH excluding ortho intramolecular Hbond substituents is 4. The highest BCUT2D eigenvalue weighted by molar-refractivity contribution is 5.55. The zero-order valence-corrected chi connectivity index (χ0v) is 4.79. The molecule has 0 atom stereocenters. The van der Waals surface area contributed by atoms with Crippen LogP contribution in [-0.4, -0.2) is 26.2 Å². The van der Waals surface area contributed by atoms with E-state index >= 15 is 0 Å². The summed E-state index contributed by atoms with van der Waals surface area (Å²) in [7, 11) is 0. The number of phenols is 4. The van der Waals surface area contributed by atoms with Crippen LogP contribution in [0.5, 0.6) is 23.0 Å². The zero-order chi connectivity index (χ0) is 10.6. The molecule has 4 N–H and O–H groups in total. The lowest BCUT2D eigenvalue weighted by Gasteiger charge is -2.00. The number of benzene rings is 1. The van der Waals surface area contributed by atoms with Gasteiger partial charge in [0.05, 0.1) is 0 Å². The van der Waals surface area contributed by atoms with E-state index in [0.29, 0.717) is 0 Å². The molecule has 0 bridgehead atoms. The summed E-state index contributed by atoms with van der Waals surface area (Å²) >= 11 is 0. The minimum absolute atomic E-state index is 0.108. The Hall–Kier alpha value is -1.58. The molecule has 10 heavy (non-hydrogen) atoms. The van der Waals surface area contributed by atoms with Gasteiger partial charge >= 0.3 is 0 Å². The van der Waals surface area contributed by atoms with E-state index < -0.39 is 0 Å². The predicted octanol–water partition coefficient (Wildman–Crippen LogP) is 0.509. The molecule has 0 aliphatic rings. The van der Waals surface area contributed by atoms with Gasteiger partial charge in [-0.15, -0.1) is 0 Å². The van der Waals surface area contributed by atoms with Crippen molar-refractivity contribution in [3.8, 4) is 23.0 Å². The Morgan fingerprint density at radius 2 is 1.40 bits per heavy atom. The van der Waals surface area contributed by atoms with Crippen LogP contribution in [0.25, 0.3) is 0 Å². The van der Waals surface area contributed by atoms with Crippen molar-refractivity contribution in [3.05, 3.63) is 12.1 Å². The summed E-state index contributed by atoms with van der Waals surface area (Å²) < 4.78 is 26.6. The van der Waals surface area contributed by atoms with E-state index in [4.69, 9.17) is 5.72 Å². The molecular weight excluding hydrogens is 136 g/mol. The topological polar surface area (TPSA) is 80.9 Å². The molecule has 1 aromatic carbocycles. The second-order valence-corrected chi connectivity index (χ2v) is 1.72. The molecule has 0 aromatic heterocycles. The molecule has 54 valence electrons. The first-order chi connectivity index (χ1) is 6.78. The van der Waals surface area contributed by atoms with Gasteiger partial charge in [-0.2, -0.15) is 0 Å². The van der Waals surface area contributed by atoms with Gasteiger partial charge in [-0.25, -0.2) is 0 Å². The lowest BCUT2D eigenvalue weighted by molar-refractivity contribution is 0.346. The second-order valence-electron chi connectivity index (χ2n) is 1.72. The van der Waals surface area contributed by atoms with Crippen LogP contribution in [0, 0.1) is 0 Å². The fourth-order valence-corrected chi connectivity index (χ4v) is 0.527. The van der Waals surface area contributed by atoms with Gasteiger partial charge in [-0.05, 0) is 12.1 Å². The van der Waals surface area contributed by atoms with Gasteiger partial charge in [-0.1, -0.05) is 0 Å². The first-order valence-electron chi connectivity index (χ1n) is 4.11. The number of hydrogen-bond acceptors (Lipinski definition) is 4. The Balaban J connectivity index is 3.28. The van der Waals surface area contributed by atoms with Crippen LogP contribution in [0.4, 0.5) is 0 Å². The average Bonchev–Trinajstić information content (AvgIpc) is 2.26. The number of aromatic hydroxyl groups is 4. The Bertz CT molecular complexity index is 288. The average molecular weight is 146 g/mol. The minimum Gasteiger partial charge on any atom is -0.504 e. The zero-order valence-electron chi connectivity index (χ0n) is 8.79. The van der Waals surface area contributed by atoms with Crippen LogP contribution in [-0.2, 0) is 0 Å². The van der Waals surface area contributed by atoms with Crippen LogP contribution >= 0.6 is 0 Å². The summed E-state index contributed by atoms with van der Waals surface area (Å²) in [6.07, 6.45) is 0.